The second kappa shape index (κ2) is 14.0. The standard InChI is InChI=1S/C65H40O2/c1-3-13-57-53(11-1)55-35-38(15-29-59(55)66-57)31-49-33-39(32-46-22-20-44-18-16-40-7-5-9-42-24-27-51(46)64(44)62(40)42)34-50(61(49)48-26-30-60-56(37-48)54-12-2-4-14-58(54)67-60)36-47-23-21-45-19-17-41-8-6-10-43-25-28-52(47)65(45)63(41)43/h1-30,33-35,37H,31-32,36H2/i1D,2D,3D,4D,5D,6D,7D,8D,9D,10D,11D,12D,13D,14D,15D,16D,17D,18D,19D,20D,21D,22D,23D,24D,25D,26D,27D,28D,29D,30D,33D,34D,35D,37D. The lowest BCUT2D eigenvalue weighted by Gasteiger charge is -2.21. The van der Waals surface area contributed by atoms with Gasteiger partial charge >= 0.3 is 0 Å². The van der Waals surface area contributed by atoms with Crippen LogP contribution in [0.3, 0.4) is 0 Å². The lowest BCUT2D eigenvalue weighted by molar-refractivity contribution is 0.668. The van der Waals surface area contributed by atoms with Crippen LogP contribution in [0.4, 0.5) is 0 Å². The van der Waals surface area contributed by atoms with Crippen molar-refractivity contribution in [3.63, 3.8) is 0 Å². The molecule has 0 bridgehead atoms. The summed E-state index contributed by atoms with van der Waals surface area (Å²) in [5, 5.41) is -6.85. The summed E-state index contributed by atoms with van der Waals surface area (Å²) in [6, 6.07) is -27.6. The quantitative estimate of drug-likeness (QED) is 0.149. The molecule has 67 heavy (non-hydrogen) atoms. The average Bonchev–Trinajstić information content (AvgIpc) is 1.55. The molecule has 15 rings (SSSR count). The molecule has 0 unspecified atom stereocenters. The number of hydrogen-bond donors (Lipinski definition) is 0. The molecule has 312 valence electrons. The minimum Gasteiger partial charge on any atom is -0.456 e. The maximum Gasteiger partial charge on any atom is 0.135 e. The van der Waals surface area contributed by atoms with E-state index >= 15 is 0 Å². The number of benzene rings is 13. The fourth-order valence-electron chi connectivity index (χ4n) is 9.24. The summed E-state index contributed by atoms with van der Waals surface area (Å²) in [6.45, 7) is 0. The fourth-order valence-corrected chi connectivity index (χ4v) is 9.24. The van der Waals surface area contributed by atoms with E-state index in [1.165, 1.54) is 0 Å². The van der Waals surface area contributed by atoms with Crippen molar-refractivity contribution in [1.29, 1.82) is 0 Å². The molecular weight excluding hydrogens is 813 g/mol. The van der Waals surface area contributed by atoms with Crippen molar-refractivity contribution in [1.82, 2.24) is 0 Å². The third-order valence-electron chi connectivity index (χ3n) is 12.1. The first-order valence-electron chi connectivity index (χ1n) is 37.7. The Labute approximate surface area is 433 Å². The van der Waals surface area contributed by atoms with Crippen molar-refractivity contribution < 1.29 is 55.4 Å². The van der Waals surface area contributed by atoms with Gasteiger partial charge in [0, 0.05) is 21.5 Å². The molecule has 0 atom stereocenters. The van der Waals surface area contributed by atoms with E-state index in [-0.39, 0.29) is 21.5 Å². The van der Waals surface area contributed by atoms with E-state index in [0.29, 0.717) is 0 Å². The van der Waals surface area contributed by atoms with E-state index in [0.717, 1.165) is 0 Å². The minimum absolute atomic E-state index is 0.287. The molecule has 13 aromatic carbocycles. The summed E-state index contributed by atoms with van der Waals surface area (Å²) in [7, 11) is 0. The van der Waals surface area contributed by atoms with Gasteiger partial charge in [0.15, 0.2) is 0 Å². The molecule has 15 aromatic rings. The maximum absolute atomic E-state index is 10.7. The molecule has 0 radical (unpaired) electrons. The van der Waals surface area contributed by atoms with Crippen LogP contribution in [-0.2, 0) is 19.3 Å². The number of fused-ring (bicyclic) bond motifs is 6. The third-order valence-corrected chi connectivity index (χ3v) is 12.1. The molecule has 0 aliphatic heterocycles. The van der Waals surface area contributed by atoms with Crippen molar-refractivity contribution in [2.75, 3.05) is 0 Å². The van der Waals surface area contributed by atoms with Gasteiger partial charge in [-0.25, -0.2) is 0 Å². The lowest BCUT2D eigenvalue weighted by atomic mass is 9.83. The Morgan fingerprint density at radius 2 is 0.731 bits per heavy atom. The Hall–Kier alpha value is -8.46. The van der Waals surface area contributed by atoms with Crippen LogP contribution in [0.5, 0.6) is 0 Å². The van der Waals surface area contributed by atoms with Gasteiger partial charge in [-0.3, -0.25) is 0 Å². The summed E-state index contributed by atoms with van der Waals surface area (Å²) in [6.07, 6.45) is -3.15. The van der Waals surface area contributed by atoms with Crippen molar-refractivity contribution >= 4 is 109 Å². The lowest BCUT2D eigenvalue weighted by Crippen LogP contribution is -2.03. The molecule has 2 heteroatoms. The van der Waals surface area contributed by atoms with Crippen LogP contribution >= 0.6 is 0 Å². The Morgan fingerprint density at radius 1 is 0.284 bits per heavy atom. The van der Waals surface area contributed by atoms with Crippen LogP contribution in [0.2, 0.25) is 0 Å². The van der Waals surface area contributed by atoms with E-state index < -0.39 is 356 Å². The third kappa shape index (κ3) is 5.63. The summed E-state index contributed by atoms with van der Waals surface area (Å²) >= 11 is 0. The van der Waals surface area contributed by atoms with Gasteiger partial charge in [0.25, 0.3) is 0 Å². The van der Waals surface area contributed by atoms with Crippen LogP contribution < -0.4 is 0 Å². The molecule has 0 aliphatic rings. The van der Waals surface area contributed by atoms with E-state index in [1.807, 2.05) is 0 Å². The molecule has 2 heterocycles. The van der Waals surface area contributed by atoms with Gasteiger partial charge < -0.3 is 8.83 Å². The van der Waals surface area contributed by atoms with Crippen LogP contribution in [0.25, 0.3) is 120 Å². The van der Waals surface area contributed by atoms with Crippen LogP contribution in [-0.4, -0.2) is 0 Å². The highest BCUT2D eigenvalue weighted by molar-refractivity contribution is 6.25. The first-order chi connectivity index (χ1) is 47.4. The van der Waals surface area contributed by atoms with Crippen LogP contribution in [0.15, 0.2) is 214 Å². The van der Waals surface area contributed by atoms with Gasteiger partial charge in [-0.1, -0.05) is 169 Å². The predicted molar refractivity (Wildman–Crippen MR) is 282 cm³/mol. The van der Waals surface area contributed by atoms with E-state index in [9.17, 15) is 24.7 Å². The Balaban J connectivity index is 1.17. The van der Waals surface area contributed by atoms with Gasteiger partial charge in [-0.2, -0.15) is 0 Å². The smallest absolute Gasteiger partial charge is 0.135 e. The molecule has 0 spiro atoms. The molecule has 0 saturated heterocycles. The summed E-state index contributed by atoms with van der Waals surface area (Å²) in [5.41, 5.74) is -7.19. The second-order valence-corrected chi connectivity index (χ2v) is 15.9. The largest absolute Gasteiger partial charge is 0.456 e. The Morgan fingerprint density at radius 3 is 1.33 bits per heavy atom. The summed E-state index contributed by atoms with van der Waals surface area (Å²) in [5.74, 6) is 0. The first kappa shape index (κ1) is 17.1. The highest BCUT2D eigenvalue weighted by atomic mass is 16.3. The molecule has 0 amide bonds. The van der Waals surface area contributed by atoms with Gasteiger partial charge in [0.1, 0.15) is 22.3 Å². The predicted octanol–water partition coefficient (Wildman–Crippen LogP) is 17.7. The van der Waals surface area contributed by atoms with E-state index in [1.54, 1.807) is 0 Å². The summed E-state index contributed by atoms with van der Waals surface area (Å²) in [4.78, 5) is 0. The van der Waals surface area contributed by atoms with Crippen LogP contribution in [0.1, 0.15) is 80.0 Å². The highest BCUT2D eigenvalue weighted by Crippen LogP contribution is 2.42. The zero-order valence-corrected chi connectivity index (χ0v) is 33.9. The average molecular weight is 887 g/mol. The van der Waals surface area contributed by atoms with Crippen LogP contribution in [0, 0.1) is 0 Å². The Bertz CT molecular complexity index is 6480. The zero-order valence-electron chi connectivity index (χ0n) is 67.9. The SMILES string of the molecule is [2H]c1c(Cc2c([2H])c([2H])c3c([2H])c([2H])c4c([2H])c([2H])c([2H])c5c([2H])c([2H])c2c3c45)c([2H])c(Cc2c([2H])c([2H])c3c([2H])c([2H])c4c([2H])c([2H])c([2H])c5c([2H])c([2H])c2c3c45)c(-c2c([2H])c([2H])c3oc4c([2H])c([2H])c([2H])c([2H])c4c3c2[2H])c1Cc1c([2H])c([2H])c2oc3c([2H])c([2H])c([2H])c([2H])c3c2c1[2H]. The Kier molecular flexibility index (Phi) is 3.57. The normalized spacial score (nSPS) is 19.5. The first-order valence-corrected chi connectivity index (χ1v) is 20.7. The molecule has 0 aliphatic carbocycles. The maximum atomic E-state index is 10.7. The number of hydrogen-bond acceptors (Lipinski definition) is 2. The summed E-state index contributed by atoms with van der Waals surface area (Å²) < 4.78 is 330. The topological polar surface area (TPSA) is 26.3 Å². The van der Waals surface area contributed by atoms with Crippen molar-refractivity contribution in [2.45, 2.75) is 19.3 Å². The van der Waals surface area contributed by atoms with E-state index in [4.69, 9.17) is 30.8 Å². The second-order valence-electron chi connectivity index (χ2n) is 15.9. The van der Waals surface area contributed by atoms with Gasteiger partial charge in [0.05, 0.1) is 46.6 Å². The number of furan rings is 2. The monoisotopic (exact) mass is 887 g/mol. The number of para-hydroxylation sites is 2. The van der Waals surface area contributed by atoms with Crippen molar-refractivity contribution in [3.8, 4) is 11.1 Å². The molecule has 2 aromatic heterocycles. The molecule has 2 nitrogen and oxygen atoms in total. The molecule has 0 saturated carbocycles. The highest BCUT2D eigenvalue weighted by Gasteiger charge is 2.21. The van der Waals surface area contributed by atoms with Gasteiger partial charge in [0.2, 0.25) is 0 Å². The molecule has 0 fully saturated rings. The van der Waals surface area contributed by atoms with Crippen molar-refractivity contribution in [3.05, 3.63) is 239 Å². The van der Waals surface area contributed by atoms with Gasteiger partial charge in [-0.15, -0.1) is 0 Å². The van der Waals surface area contributed by atoms with Crippen molar-refractivity contribution in [2.24, 2.45) is 0 Å². The number of rotatable bonds is 7. The molecular formula is C65H40O2. The fraction of sp³-hybridized carbons (Fsp3) is 0.0462. The van der Waals surface area contributed by atoms with Gasteiger partial charge in [-0.05, 0) is 165 Å². The molecule has 0 N–H and O–H groups in total. The zero-order chi connectivity index (χ0) is 73.3. The van der Waals surface area contributed by atoms with E-state index in [2.05, 4.69) is 0 Å². The minimum atomic E-state index is -1.08.